The van der Waals surface area contributed by atoms with Crippen LogP contribution in [0.2, 0.25) is 0 Å². The molecule has 0 amide bonds. The average Bonchev–Trinajstić information content (AvgIpc) is 2.65. The first kappa shape index (κ1) is 17.1. The number of pyridine rings is 1. The molecule has 24 heavy (non-hydrogen) atoms. The summed E-state index contributed by atoms with van der Waals surface area (Å²) < 4.78 is 0. The van der Waals surface area contributed by atoms with Gasteiger partial charge in [-0.15, -0.1) is 0 Å². The van der Waals surface area contributed by atoms with Gasteiger partial charge in [-0.3, -0.25) is 10.4 Å². The van der Waals surface area contributed by atoms with Crippen molar-refractivity contribution in [2.24, 2.45) is 0 Å². The molecule has 1 atom stereocenters. The fourth-order valence-electron chi connectivity index (χ4n) is 3.45. The second-order valence-electron chi connectivity index (χ2n) is 6.62. The summed E-state index contributed by atoms with van der Waals surface area (Å²) in [7, 11) is 2.09. The fourth-order valence-corrected chi connectivity index (χ4v) is 3.66. The Hall–Kier alpha value is -1.72. The van der Waals surface area contributed by atoms with Gasteiger partial charge in [-0.25, -0.2) is 5.43 Å². The predicted molar refractivity (Wildman–Crippen MR) is 104 cm³/mol. The molecule has 3 rings (SSSR count). The van der Waals surface area contributed by atoms with Crippen molar-refractivity contribution in [1.82, 2.24) is 20.7 Å². The molecule has 0 spiro atoms. The van der Waals surface area contributed by atoms with Crippen LogP contribution >= 0.6 is 12.2 Å². The molecule has 0 bridgehead atoms. The Kier molecular flexibility index (Phi) is 5.63. The Bertz CT molecular complexity index is 691. The minimum Gasteiger partial charge on any atom is -0.348 e. The van der Waals surface area contributed by atoms with E-state index in [0.717, 1.165) is 10.8 Å². The molecule has 128 valence electrons. The van der Waals surface area contributed by atoms with Gasteiger partial charge >= 0.3 is 0 Å². The Morgan fingerprint density at radius 3 is 2.75 bits per heavy atom. The van der Waals surface area contributed by atoms with Gasteiger partial charge < -0.3 is 4.90 Å². The minimum absolute atomic E-state index is 0.0637. The second kappa shape index (κ2) is 7.90. The molecule has 4 nitrogen and oxygen atoms in total. The summed E-state index contributed by atoms with van der Waals surface area (Å²) >= 11 is 5.55. The summed E-state index contributed by atoms with van der Waals surface area (Å²) in [5, 5.41) is 3.14. The number of hydrazine groups is 1. The van der Waals surface area contributed by atoms with Gasteiger partial charge in [0.2, 0.25) is 0 Å². The monoisotopic (exact) mass is 342 g/mol. The number of aromatic nitrogens is 1. The Morgan fingerprint density at radius 1 is 1.21 bits per heavy atom. The maximum Gasteiger partial charge on any atom is 0.183 e. The van der Waals surface area contributed by atoms with Crippen LogP contribution in [0.25, 0.3) is 10.8 Å². The molecule has 1 aromatic carbocycles. The first-order valence-electron chi connectivity index (χ1n) is 8.79. The smallest absolute Gasteiger partial charge is 0.183 e. The van der Waals surface area contributed by atoms with Crippen molar-refractivity contribution in [3.63, 3.8) is 0 Å². The van der Waals surface area contributed by atoms with Gasteiger partial charge in [-0.05, 0) is 43.4 Å². The Labute approximate surface area is 149 Å². The number of benzene rings is 1. The standard InChI is InChI=1S/C19H26N4S/c1-14(18-17-11-7-6-8-15(17)12-13-20-18)21-22-19(24)23(2)16-9-4-3-5-10-16/h6-8,11-14,16,21H,3-5,9-10H2,1-2H3,(H,22,24)/t14-/m0/s1. The van der Waals surface area contributed by atoms with Gasteiger partial charge in [0.05, 0.1) is 11.7 Å². The van der Waals surface area contributed by atoms with Crippen LogP contribution in [0.15, 0.2) is 36.5 Å². The molecule has 2 aromatic rings. The van der Waals surface area contributed by atoms with E-state index in [1.54, 1.807) is 0 Å². The maximum absolute atomic E-state index is 5.55. The van der Waals surface area contributed by atoms with Crippen LogP contribution in [-0.2, 0) is 0 Å². The van der Waals surface area contributed by atoms with Gasteiger partial charge in [0.25, 0.3) is 0 Å². The van der Waals surface area contributed by atoms with Crippen LogP contribution in [0.3, 0.4) is 0 Å². The van der Waals surface area contributed by atoms with Crippen molar-refractivity contribution in [2.45, 2.75) is 51.1 Å². The second-order valence-corrected chi connectivity index (χ2v) is 7.00. The fraction of sp³-hybridized carbons (Fsp3) is 0.474. The first-order chi connectivity index (χ1) is 11.7. The van der Waals surface area contributed by atoms with Crippen LogP contribution in [-0.4, -0.2) is 28.1 Å². The van der Waals surface area contributed by atoms with E-state index in [2.05, 4.69) is 59.0 Å². The van der Waals surface area contributed by atoms with Crippen LogP contribution in [0, 0.1) is 0 Å². The number of nitrogens with zero attached hydrogens (tertiary/aromatic N) is 2. The lowest BCUT2D eigenvalue weighted by Gasteiger charge is -2.33. The van der Waals surface area contributed by atoms with Crippen LogP contribution in [0.1, 0.15) is 50.8 Å². The van der Waals surface area contributed by atoms with E-state index in [0.29, 0.717) is 6.04 Å². The van der Waals surface area contributed by atoms with Gasteiger partial charge in [-0.2, -0.15) is 0 Å². The number of hydrogen-bond acceptors (Lipinski definition) is 3. The largest absolute Gasteiger partial charge is 0.348 e. The number of hydrogen-bond donors (Lipinski definition) is 2. The van der Waals surface area contributed by atoms with E-state index in [1.807, 2.05) is 12.3 Å². The van der Waals surface area contributed by atoms with E-state index < -0.39 is 0 Å². The molecule has 1 heterocycles. The minimum atomic E-state index is 0.0637. The third kappa shape index (κ3) is 3.84. The van der Waals surface area contributed by atoms with E-state index in [9.17, 15) is 0 Å². The zero-order valence-corrected chi connectivity index (χ0v) is 15.3. The molecule has 2 N–H and O–H groups in total. The highest BCUT2D eigenvalue weighted by Gasteiger charge is 2.20. The van der Waals surface area contributed by atoms with Crippen LogP contribution < -0.4 is 10.9 Å². The highest BCUT2D eigenvalue weighted by atomic mass is 32.1. The van der Waals surface area contributed by atoms with Crippen molar-refractivity contribution in [2.75, 3.05) is 7.05 Å². The molecule has 0 radical (unpaired) electrons. The van der Waals surface area contributed by atoms with E-state index >= 15 is 0 Å². The molecular formula is C19H26N4S. The van der Waals surface area contributed by atoms with Gasteiger partial charge in [0.1, 0.15) is 0 Å². The molecule has 5 heteroatoms. The molecular weight excluding hydrogens is 316 g/mol. The summed E-state index contributed by atoms with van der Waals surface area (Å²) in [4.78, 5) is 6.76. The van der Waals surface area contributed by atoms with E-state index in [-0.39, 0.29) is 6.04 Å². The van der Waals surface area contributed by atoms with Crippen molar-refractivity contribution < 1.29 is 0 Å². The van der Waals surface area contributed by atoms with Gasteiger partial charge in [0.15, 0.2) is 5.11 Å². The molecule has 0 unspecified atom stereocenters. The normalized spacial score (nSPS) is 16.8. The highest BCUT2D eigenvalue weighted by Crippen LogP contribution is 2.22. The molecule has 0 aliphatic heterocycles. The van der Waals surface area contributed by atoms with Crippen LogP contribution in [0.5, 0.6) is 0 Å². The lowest BCUT2D eigenvalue weighted by Crippen LogP contribution is -2.49. The van der Waals surface area contributed by atoms with Crippen molar-refractivity contribution in [3.05, 3.63) is 42.2 Å². The van der Waals surface area contributed by atoms with Crippen molar-refractivity contribution >= 4 is 28.1 Å². The molecule has 1 saturated carbocycles. The van der Waals surface area contributed by atoms with Crippen LogP contribution in [0.4, 0.5) is 0 Å². The lowest BCUT2D eigenvalue weighted by molar-refractivity contribution is 0.272. The number of fused-ring (bicyclic) bond motifs is 1. The van der Waals surface area contributed by atoms with Gasteiger partial charge in [-0.1, -0.05) is 43.5 Å². The van der Waals surface area contributed by atoms with Crippen molar-refractivity contribution in [3.8, 4) is 0 Å². The quantitative estimate of drug-likeness (QED) is 0.650. The molecule has 0 saturated heterocycles. The molecule has 1 fully saturated rings. The summed E-state index contributed by atoms with van der Waals surface area (Å²) in [5.41, 5.74) is 7.56. The summed E-state index contributed by atoms with van der Waals surface area (Å²) in [6.45, 7) is 2.10. The topological polar surface area (TPSA) is 40.2 Å². The third-order valence-electron chi connectivity index (χ3n) is 4.95. The zero-order valence-electron chi connectivity index (χ0n) is 14.5. The third-order valence-corrected chi connectivity index (χ3v) is 5.34. The summed E-state index contributed by atoms with van der Waals surface area (Å²) in [6.07, 6.45) is 8.30. The molecule has 1 aliphatic rings. The van der Waals surface area contributed by atoms with Crippen molar-refractivity contribution in [1.29, 1.82) is 0 Å². The summed E-state index contributed by atoms with van der Waals surface area (Å²) in [6, 6.07) is 11.0. The highest BCUT2D eigenvalue weighted by molar-refractivity contribution is 7.80. The molecule has 1 aliphatic carbocycles. The number of thiocarbonyl (C=S) groups is 1. The zero-order chi connectivity index (χ0) is 16.9. The lowest BCUT2D eigenvalue weighted by atomic mass is 9.95. The average molecular weight is 343 g/mol. The Balaban J connectivity index is 1.62. The number of nitrogens with one attached hydrogen (secondary N) is 2. The maximum atomic E-state index is 5.55. The predicted octanol–water partition coefficient (Wildman–Crippen LogP) is 3.94. The van der Waals surface area contributed by atoms with E-state index in [1.165, 1.54) is 42.9 Å². The summed E-state index contributed by atoms with van der Waals surface area (Å²) in [5.74, 6) is 0. The van der Waals surface area contributed by atoms with Gasteiger partial charge in [0, 0.05) is 24.7 Å². The number of rotatable bonds is 4. The Morgan fingerprint density at radius 2 is 1.96 bits per heavy atom. The van der Waals surface area contributed by atoms with E-state index in [4.69, 9.17) is 12.2 Å². The SMILES string of the molecule is C[C@H](NNC(=S)N(C)C1CCCCC1)c1nccc2ccccc12. The first-order valence-corrected chi connectivity index (χ1v) is 9.19. The molecule has 1 aromatic heterocycles.